The lowest BCUT2D eigenvalue weighted by atomic mass is 10.2. The molecular formula is C15H22N2O4. The van der Waals surface area contributed by atoms with Gasteiger partial charge in [0.05, 0.1) is 17.6 Å². The molecule has 1 atom stereocenters. The molecule has 6 heteroatoms. The standard InChI is InChI=1S/C15H22N2O4/c1-3-4-5-12(2)21-15(18)11-16-10-13-6-8-14(9-7-13)17(19)20/h6-9,12,16H,3-5,10-11H2,1-2H3. The Morgan fingerprint density at radius 1 is 1.38 bits per heavy atom. The van der Waals surface area contributed by atoms with E-state index in [2.05, 4.69) is 12.2 Å². The van der Waals surface area contributed by atoms with Crippen molar-refractivity contribution < 1.29 is 14.5 Å². The lowest BCUT2D eigenvalue weighted by molar-refractivity contribution is -0.384. The number of nitro groups is 1. The Morgan fingerprint density at radius 2 is 2.05 bits per heavy atom. The van der Waals surface area contributed by atoms with Gasteiger partial charge in [0, 0.05) is 18.7 Å². The highest BCUT2D eigenvalue weighted by atomic mass is 16.6. The van der Waals surface area contributed by atoms with Crippen LogP contribution >= 0.6 is 0 Å². The minimum atomic E-state index is -0.438. The maximum atomic E-state index is 11.6. The largest absolute Gasteiger partial charge is 0.462 e. The van der Waals surface area contributed by atoms with Gasteiger partial charge in [-0.15, -0.1) is 0 Å². The van der Waals surface area contributed by atoms with Gasteiger partial charge in [-0.3, -0.25) is 14.9 Å². The van der Waals surface area contributed by atoms with Crippen molar-refractivity contribution in [3.8, 4) is 0 Å². The molecule has 21 heavy (non-hydrogen) atoms. The number of hydrogen-bond acceptors (Lipinski definition) is 5. The molecule has 1 N–H and O–H groups in total. The fourth-order valence-electron chi connectivity index (χ4n) is 1.86. The number of non-ortho nitro benzene ring substituents is 1. The molecule has 1 aromatic carbocycles. The molecule has 1 aromatic rings. The number of ether oxygens (including phenoxy) is 1. The van der Waals surface area contributed by atoms with Crippen LogP contribution in [-0.4, -0.2) is 23.5 Å². The molecule has 1 unspecified atom stereocenters. The van der Waals surface area contributed by atoms with Crippen molar-refractivity contribution in [2.45, 2.75) is 45.8 Å². The zero-order valence-electron chi connectivity index (χ0n) is 12.5. The average molecular weight is 294 g/mol. The second-order valence-electron chi connectivity index (χ2n) is 4.97. The first kappa shape index (κ1) is 17.1. The fraction of sp³-hybridized carbons (Fsp3) is 0.533. The van der Waals surface area contributed by atoms with Crippen LogP contribution in [0, 0.1) is 10.1 Å². The molecule has 0 aliphatic carbocycles. The molecular weight excluding hydrogens is 272 g/mol. The highest BCUT2D eigenvalue weighted by molar-refractivity contribution is 5.71. The summed E-state index contributed by atoms with van der Waals surface area (Å²) in [6.07, 6.45) is 2.95. The summed E-state index contributed by atoms with van der Waals surface area (Å²) in [5.74, 6) is -0.277. The molecule has 0 amide bonds. The van der Waals surface area contributed by atoms with E-state index in [0.29, 0.717) is 6.54 Å². The second-order valence-corrected chi connectivity index (χ2v) is 4.97. The summed E-state index contributed by atoms with van der Waals surface area (Å²) in [5, 5.41) is 13.5. The van der Waals surface area contributed by atoms with Gasteiger partial charge in [0.25, 0.3) is 5.69 Å². The Balaban J connectivity index is 2.26. The van der Waals surface area contributed by atoms with Crippen LogP contribution < -0.4 is 5.32 Å². The Morgan fingerprint density at radius 3 is 2.62 bits per heavy atom. The van der Waals surface area contributed by atoms with Crippen molar-refractivity contribution in [2.75, 3.05) is 6.54 Å². The molecule has 0 heterocycles. The molecule has 0 fully saturated rings. The number of hydrogen-bond donors (Lipinski definition) is 1. The molecule has 0 aromatic heterocycles. The minimum absolute atomic E-state index is 0.0568. The van der Waals surface area contributed by atoms with Crippen LogP contribution in [0.25, 0.3) is 0 Å². The number of benzene rings is 1. The van der Waals surface area contributed by atoms with Gasteiger partial charge in [0.2, 0.25) is 0 Å². The highest BCUT2D eigenvalue weighted by Gasteiger charge is 2.09. The molecule has 0 spiro atoms. The molecule has 0 aliphatic heterocycles. The van der Waals surface area contributed by atoms with Gasteiger partial charge >= 0.3 is 5.97 Å². The maximum Gasteiger partial charge on any atom is 0.320 e. The summed E-state index contributed by atoms with van der Waals surface area (Å²) < 4.78 is 5.25. The van der Waals surface area contributed by atoms with Gasteiger partial charge in [0.1, 0.15) is 0 Å². The van der Waals surface area contributed by atoms with E-state index in [0.717, 1.165) is 24.8 Å². The van der Waals surface area contributed by atoms with Crippen LogP contribution in [0.4, 0.5) is 5.69 Å². The van der Waals surface area contributed by atoms with E-state index in [9.17, 15) is 14.9 Å². The second kappa shape index (κ2) is 9.07. The van der Waals surface area contributed by atoms with Crippen molar-refractivity contribution in [1.82, 2.24) is 5.32 Å². The summed E-state index contributed by atoms with van der Waals surface area (Å²) in [4.78, 5) is 21.7. The Bertz CT molecular complexity index is 459. The van der Waals surface area contributed by atoms with Crippen LogP contribution in [0.3, 0.4) is 0 Å². The average Bonchev–Trinajstić information content (AvgIpc) is 2.45. The van der Waals surface area contributed by atoms with Crippen molar-refractivity contribution in [1.29, 1.82) is 0 Å². The van der Waals surface area contributed by atoms with Gasteiger partial charge in [-0.05, 0) is 18.9 Å². The zero-order chi connectivity index (χ0) is 15.7. The summed E-state index contributed by atoms with van der Waals surface area (Å²) in [7, 11) is 0. The van der Waals surface area contributed by atoms with E-state index in [4.69, 9.17) is 4.74 Å². The number of nitrogens with zero attached hydrogens (tertiary/aromatic N) is 1. The number of nitro benzene ring substituents is 1. The predicted molar refractivity (Wildman–Crippen MR) is 79.9 cm³/mol. The molecule has 0 saturated carbocycles. The first-order valence-corrected chi connectivity index (χ1v) is 7.16. The zero-order valence-corrected chi connectivity index (χ0v) is 12.5. The molecule has 1 rings (SSSR count). The van der Waals surface area contributed by atoms with Crippen LogP contribution in [0.1, 0.15) is 38.7 Å². The van der Waals surface area contributed by atoms with E-state index in [1.54, 1.807) is 12.1 Å². The third-order valence-corrected chi connectivity index (χ3v) is 3.04. The first-order chi connectivity index (χ1) is 10.0. The summed E-state index contributed by atoms with van der Waals surface area (Å²) in [5.41, 5.74) is 0.940. The van der Waals surface area contributed by atoms with Crippen LogP contribution in [0.15, 0.2) is 24.3 Å². The van der Waals surface area contributed by atoms with Crippen molar-refractivity contribution >= 4 is 11.7 Å². The Kier molecular flexibility index (Phi) is 7.39. The van der Waals surface area contributed by atoms with Gasteiger partial charge in [-0.2, -0.15) is 0 Å². The number of carbonyl (C=O) groups excluding carboxylic acids is 1. The molecule has 6 nitrogen and oxygen atoms in total. The molecule has 116 valence electrons. The molecule has 0 aliphatic rings. The minimum Gasteiger partial charge on any atom is -0.462 e. The van der Waals surface area contributed by atoms with E-state index in [-0.39, 0.29) is 24.3 Å². The van der Waals surface area contributed by atoms with Gasteiger partial charge in [-0.1, -0.05) is 31.9 Å². The SMILES string of the molecule is CCCCC(C)OC(=O)CNCc1ccc([N+](=O)[O-])cc1. The normalized spacial score (nSPS) is 11.9. The molecule has 0 bridgehead atoms. The van der Waals surface area contributed by atoms with Crippen molar-refractivity contribution in [2.24, 2.45) is 0 Å². The first-order valence-electron chi connectivity index (χ1n) is 7.16. The third-order valence-electron chi connectivity index (χ3n) is 3.04. The van der Waals surface area contributed by atoms with Crippen LogP contribution in [-0.2, 0) is 16.1 Å². The third kappa shape index (κ3) is 6.85. The lowest BCUT2D eigenvalue weighted by Gasteiger charge is -2.13. The highest BCUT2D eigenvalue weighted by Crippen LogP contribution is 2.11. The van der Waals surface area contributed by atoms with Crippen molar-refractivity contribution in [3.05, 3.63) is 39.9 Å². The number of unbranched alkanes of at least 4 members (excludes halogenated alkanes) is 1. The van der Waals surface area contributed by atoms with E-state index >= 15 is 0 Å². The quantitative estimate of drug-likeness (QED) is 0.430. The van der Waals surface area contributed by atoms with E-state index in [1.807, 2.05) is 6.92 Å². The van der Waals surface area contributed by atoms with Gasteiger partial charge in [-0.25, -0.2) is 0 Å². The topological polar surface area (TPSA) is 81.5 Å². The van der Waals surface area contributed by atoms with Gasteiger partial charge in [0.15, 0.2) is 0 Å². The maximum absolute atomic E-state index is 11.6. The fourth-order valence-corrected chi connectivity index (χ4v) is 1.86. The van der Waals surface area contributed by atoms with Gasteiger partial charge < -0.3 is 10.1 Å². The molecule has 0 saturated heterocycles. The van der Waals surface area contributed by atoms with Crippen LogP contribution in [0.5, 0.6) is 0 Å². The summed E-state index contributed by atoms with van der Waals surface area (Å²) >= 11 is 0. The molecule has 0 radical (unpaired) electrons. The lowest BCUT2D eigenvalue weighted by Crippen LogP contribution is -2.27. The summed E-state index contributed by atoms with van der Waals surface area (Å²) in [6, 6.07) is 6.23. The van der Waals surface area contributed by atoms with E-state index in [1.165, 1.54) is 12.1 Å². The monoisotopic (exact) mass is 294 g/mol. The van der Waals surface area contributed by atoms with Crippen molar-refractivity contribution in [3.63, 3.8) is 0 Å². The number of carbonyl (C=O) groups is 1. The number of esters is 1. The Hall–Kier alpha value is -1.95. The Labute approximate surface area is 124 Å². The summed E-state index contributed by atoms with van der Waals surface area (Å²) in [6.45, 7) is 4.59. The predicted octanol–water partition coefficient (Wildman–Crippen LogP) is 2.81. The van der Waals surface area contributed by atoms with Crippen LogP contribution in [0.2, 0.25) is 0 Å². The van der Waals surface area contributed by atoms with E-state index < -0.39 is 4.92 Å². The number of rotatable bonds is 9. The number of nitrogens with one attached hydrogen (secondary N) is 1. The smallest absolute Gasteiger partial charge is 0.320 e.